The number of aliphatic hydroxyl groups excluding tert-OH is 1. The Morgan fingerprint density at radius 2 is 2.12 bits per heavy atom. The highest BCUT2D eigenvalue weighted by atomic mass is 32.2. The summed E-state index contributed by atoms with van der Waals surface area (Å²) in [5, 5.41) is 10.6. The first kappa shape index (κ1) is 11.7. The molecule has 2 atom stereocenters. The van der Waals surface area contributed by atoms with Gasteiger partial charge in [-0.15, -0.1) is 0 Å². The van der Waals surface area contributed by atoms with Gasteiger partial charge in [0.15, 0.2) is 0 Å². The van der Waals surface area contributed by atoms with E-state index in [9.17, 15) is 5.11 Å². The highest BCUT2D eigenvalue weighted by molar-refractivity contribution is 8.00. The van der Waals surface area contributed by atoms with Crippen molar-refractivity contribution < 1.29 is 5.11 Å². The fourth-order valence-electron chi connectivity index (χ4n) is 2.19. The summed E-state index contributed by atoms with van der Waals surface area (Å²) in [7, 11) is 0. The minimum absolute atomic E-state index is 0.0651. The van der Waals surface area contributed by atoms with Crippen LogP contribution < -0.4 is 4.90 Å². The predicted molar refractivity (Wildman–Crippen MR) is 68.9 cm³/mol. The van der Waals surface area contributed by atoms with E-state index in [0.29, 0.717) is 10.5 Å². The van der Waals surface area contributed by atoms with E-state index in [-0.39, 0.29) is 6.61 Å². The Morgan fingerprint density at radius 1 is 1.44 bits per heavy atom. The normalized spacial score (nSPS) is 25.8. The van der Waals surface area contributed by atoms with Gasteiger partial charge in [-0.25, -0.2) is 4.98 Å². The predicted octanol–water partition coefficient (Wildman–Crippen LogP) is 1.90. The average Bonchev–Trinajstić information content (AvgIpc) is 2.27. The Kier molecular flexibility index (Phi) is 3.71. The Morgan fingerprint density at radius 3 is 2.75 bits per heavy atom. The molecule has 0 aromatic carbocycles. The highest BCUT2D eigenvalue weighted by Gasteiger charge is 2.24. The molecule has 1 aliphatic heterocycles. The van der Waals surface area contributed by atoms with Crippen LogP contribution in [0.4, 0.5) is 5.82 Å². The van der Waals surface area contributed by atoms with E-state index in [2.05, 4.69) is 23.7 Å². The second-order valence-corrected chi connectivity index (χ2v) is 6.19. The summed E-state index contributed by atoms with van der Waals surface area (Å²) in [4.78, 5) is 6.69. The molecule has 2 heterocycles. The zero-order chi connectivity index (χ0) is 11.5. The van der Waals surface area contributed by atoms with Gasteiger partial charge in [-0.1, -0.05) is 19.9 Å². The number of aliphatic hydroxyl groups is 1. The van der Waals surface area contributed by atoms with Crippen molar-refractivity contribution in [1.82, 2.24) is 4.98 Å². The molecule has 0 aliphatic carbocycles. The number of thioether (sulfide) groups is 1. The third kappa shape index (κ3) is 2.50. The third-order valence-electron chi connectivity index (χ3n) is 2.76. The molecule has 0 saturated carbocycles. The minimum atomic E-state index is 0.0651. The summed E-state index contributed by atoms with van der Waals surface area (Å²) < 4.78 is 0. The molecule has 3 nitrogen and oxygen atoms in total. The molecule has 1 aromatic rings. The number of nitrogens with zero attached hydrogens (tertiary/aromatic N) is 2. The standard InChI is InChI=1S/C12H18N2OS/c1-9-6-14(7-10(2)16-9)12-11(8-15)4-3-5-13-12/h3-5,9-10,15H,6-8H2,1-2H3. The summed E-state index contributed by atoms with van der Waals surface area (Å²) in [6.07, 6.45) is 1.80. The van der Waals surface area contributed by atoms with Gasteiger partial charge in [0.2, 0.25) is 0 Å². The Labute approximate surface area is 101 Å². The van der Waals surface area contributed by atoms with Crippen molar-refractivity contribution in [2.75, 3.05) is 18.0 Å². The summed E-state index contributed by atoms with van der Waals surface area (Å²) in [6, 6.07) is 3.82. The van der Waals surface area contributed by atoms with Crippen LogP contribution in [0.5, 0.6) is 0 Å². The van der Waals surface area contributed by atoms with Crippen molar-refractivity contribution in [1.29, 1.82) is 0 Å². The largest absolute Gasteiger partial charge is 0.392 e. The van der Waals surface area contributed by atoms with Gasteiger partial charge in [-0.2, -0.15) is 11.8 Å². The van der Waals surface area contributed by atoms with Crippen LogP contribution in [0.3, 0.4) is 0 Å². The first-order valence-electron chi connectivity index (χ1n) is 5.66. The van der Waals surface area contributed by atoms with Crippen molar-refractivity contribution in [3.8, 4) is 0 Å². The minimum Gasteiger partial charge on any atom is -0.392 e. The second-order valence-electron chi connectivity index (χ2n) is 4.31. The molecule has 0 radical (unpaired) electrons. The monoisotopic (exact) mass is 238 g/mol. The summed E-state index contributed by atoms with van der Waals surface area (Å²) >= 11 is 2.02. The van der Waals surface area contributed by atoms with Gasteiger partial charge in [0.25, 0.3) is 0 Å². The first-order valence-corrected chi connectivity index (χ1v) is 6.60. The number of anilines is 1. The van der Waals surface area contributed by atoms with E-state index < -0.39 is 0 Å². The van der Waals surface area contributed by atoms with Crippen LogP contribution in [0.15, 0.2) is 18.3 Å². The zero-order valence-electron chi connectivity index (χ0n) is 9.76. The lowest BCUT2D eigenvalue weighted by molar-refractivity contribution is 0.281. The topological polar surface area (TPSA) is 36.4 Å². The summed E-state index contributed by atoms with van der Waals surface area (Å²) in [6.45, 7) is 6.58. The molecule has 1 N–H and O–H groups in total. The fourth-order valence-corrected chi connectivity index (χ4v) is 3.51. The quantitative estimate of drug-likeness (QED) is 0.854. The lowest BCUT2D eigenvalue weighted by Crippen LogP contribution is -2.41. The average molecular weight is 238 g/mol. The molecular formula is C12H18N2OS. The van der Waals surface area contributed by atoms with E-state index in [1.807, 2.05) is 23.9 Å². The van der Waals surface area contributed by atoms with E-state index in [4.69, 9.17) is 0 Å². The molecule has 4 heteroatoms. The maximum absolute atomic E-state index is 9.31. The molecule has 1 fully saturated rings. The molecule has 1 saturated heterocycles. The lowest BCUT2D eigenvalue weighted by Gasteiger charge is -2.36. The number of hydrogen-bond donors (Lipinski definition) is 1. The Hall–Kier alpha value is -0.740. The maximum atomic E-state index is 9.31. The van der Waals surface area contributed by atoms with E-state index in [0.717, 1.165) is 24.5 Å². The molecule has 0 bridgehead atoms. The number of pyridine rings is 1. The molecule has 0 amide bonds. The van der Waals surface area contributed by atoms with Crippen LogP contribution in [0.1, 0.15) is 19.4 Å². The Bertz CT molecular complexity index is 349. The van der Waals surface area contributed by atoms with E-state index in [1.54, 1.807) is 6.20 Å². The number of aromatic nitrogens is 1. The van der Waals surface area contributed by atoms with Gasteiger partial charge in [0.1, 0.15) is 5.82 Å². The smallest absolute Gasteiger partial charge is 0.134 e. The van der Waals surface area contributed by atoms with Crippen LogP contribution in [0, 0.1) is 0 Å². The molecular weight excluding hydrogens is 220 g/mol. The van der Waals surface area contributed by atoms with Crippen LogP contribution in [0.2, 0.25) is 0 Å². The van der Waals surface area contributed by atoms with Crippen molar-refractivity contribution in [2.45, 2.75) is 31.0 Å². The second kappa shape index (κ2) is 5.06. The van der Waals surface area contributed by atoms with Gasteiger partial charge in [-0.3, -0.25) is 0 Å². The van der Waals surface area contributed by atoms with Gasteiger partial charge >= 0.3 is 0 Å². The Balaban J connectivity index is 2.22. The molecule has 1 aromatic heterocycles. The van der Waals surface area contributed by atoms with E-state index in [1.165, 1.54) is 0 Å². The van der Waals surface area contributed by atoms with Crippen molar-refractivity contribution in [3.05, 3.63) is 23.9 Å². The van der Waals surface area contributed by atoms with Gasteiger partial charge in [0.05, 0.1) is 6.61 Å². The molecule has 16 heavy (non-hydrogen) atoms. The van der Waals surface area contributed by atoms with Crippen molar-refractivity contribution in [2.24, 2.45) is 0 Å². The molecule has 2 rings (SSSR count). The van der Waals surface area contributed by atoms with Gasteiger partial charge < -0.3 is 10.0 Å². The molecule has 0 spiro atoms. The number of rotatable bonds is 2. The van der Waals surface area contributed by atoms with Crippen LogP contribution in [-0.4, -0.2) is 33.7 Å². The van der Waals surface area contributed by atoms with Crippen molar-refractivity contribution >= 4 is 17.6 Å². The molecule has 88 valence electrons. The van der Waals surface area contributed by atoms with Gasteiger partial charge in [0, 0.05) is 35.3 Å². The maximum Gasteiger partial charge on any atom is 0.134 e. The number of hydrogen-bond acceptors (Lipinski definition) is 4. The van der Waals surface area contributed by atoms with E-state index >= 15 is 0 Å². The summed E-state index contributed by atoms with van der Waals surface area (Å²) in [5.41, 5.74) is 0.925. The van der Waals surface area contributed by atoms with Gasteiger partial charge in [-0.05, 0) is 6.07 Å². The third-order valence-corrected chi connectivity index (χ3v) is 3.98. The lowest BCUT2D eigenvalue weighted by atomic mass is 10.2. The molecule has 1 aliphatic rings. The molecule has 2 unspecified atom stereocenters. The summed E-state index contributed by atoms with van der Waals surface area (Å²) in [5.74, 6) is 0.948. The van der Waals surface area contributed by atoms with Crippen LogP contribution in [0.25, 0.3) is 0 Å². The van der Waals surface area contributed by atoms with Crippen LogP contribution in [-0.2, 0) is 6.61 Å². The fraction of sp³-hybridized carbons (Fsp3) is 0.583. The zero-order valence-corrected chi connectivity index (χ0v) is 10.6. The highest BCUT2D eigenvalue weighted by Crippen LogP contribution is 2.29. The van der Waals surface area contributed by atoms with Crippen LogP contribution >= 0.6 is 11.8 Å². The van der Waals surface area contributed by atoms with Crippen molar-refractivity contribution in [3.63, 3.8) is 0 Å². The SMILES string of the molecule is CC1CN(c2ncccc2CO)CC(C)S1. The first-order chi connectivity index (χ1) is 7.70.